The molecule has 0 fully saturated rings. The molecule has 6 heteroatoms. The minimum Gasteiger partial charge on any atom is -0.385 e. The van der Waals surface area contributed by atoms with Gasteiger partial charge < -0.3 is 10.6 Å². The van der Waals surface area contributed by atoms with E-state index in [1.54, 1.807) is 6.07 Å². The summed E-state index contributed by atoms with van der Waals surface area (Å²) in [5, 5.41) is 12.4. The van der Waals surface area contributed by atoms with Gasteiger partial charge >= 0.3 is 0 Å². The smallest absolute Gasteiger partial charge is 0.238 e. The van der Waals surface area contributed by atoms with E-state index in [4.69, 9.17) is 5.14 Å². The van der Waals surface area contributed by atoms with Crippen molar-refractivity contribution < 1.29 is 8.42 Å². The number of benzene rings is 2. The summed E-state index contributed by atoms with van der Waals surface area (Å²) in [6, 6.07) is 13.7. The molecule has 0 heterocycles. The third-order valence-electron chi connectivity index (χ3n) is 4.68. The number of rotatable bonds is 12. The zero-order chi connectivity index (χ0) is 20.4. The number of unbranched alkanes of at least 4 members (excludes halogenated alkanes) is 2. The lowest BCUT2D eigenvalue weighted by molar-refractivity contribution is 0.596. The molecule has 0 bridgehead atoms. The highest BCUT2D eigenvalue weighted by molar-refractivity contribution is 7.89. The van der Waals surface area contributed by atoms with E-state index in [1.165, 1.54) is 0 Å². The predicted molar refractivity (Wildman–Crippen MR) is 117 cm³/mol. The Kier molecular flexibility index (Phi) is 8.96. The highest BCUT2D eigenvalue weighted by Gasteiger charge is 2.19. The highest BCUT2D eigenvalue weighted by Crippen LogP contribution is 2.28. The minimum absolute atomic E-state index is 0.213. The van der Waals surface area contributed by atoms with Crippen LogP contribution in [-0.2, 0) is 23.0 Å². The van der Waals surface area contributed by atoms with Gasteiger partial charge in [0, 0.05) is 25.2 Å². The fraction of sp³-hybridized carbons (Fsp3) is 0.455. The highest BCUT2D eigenvalue weighted by atomic mass is 32.2. The van der Waals surface area contributed by atoms with Crippen molar-refractivity contribution in [2.75, 3.05) is 18.4 Å². The molecule has 2 aromatic carbocycles. The summed E-state index contributed by atoms with van der Waals surface area (Å²) >= 11 is 0. The van der Waals surface area contributed by atoms with Crippen molar-refractivity contribution >= 4 is 15.7 Å². The van der Waals surface area contributed by atoms with E-state index < -0.39 is 10.0 Å². The van der Waals surface area contributed by atoms with Crippen molar-refractivity contribution in [3.63, 3.8) is 0 Å². The van der Waals surface area contributed by atoms with Crippen LogP contribution in [0.4, 0.5) is 5.69 Å². The first kappa shape index (κ1) is 22.4. The molecule has 0 aliphatic carbocycles. The Hall–Kier alpha value is -1.89. The van der Waals surface area contributed by atoms with Gasteiger partial charge in [-0.05, 0) is 48.2 Å². The van der Waals surface area contributed by atoms with E-state index in [0.29, 0.717) is 13.0 Å². The maximum Gasteiger partial charge on any atom is 0.238 e. The van der Waals surface area contributed by atoms with Crippen LogP contribution >= 0.6 is 0 Å². The standard InChI is InChI=1S/C22H33N3O2S/c1-3-5-12-24-17-19-15-21(25-13-6-4-2)20(22(16-19)28(23,26)27)14-18-10-8-7-9-11-18/h7-11,15-16,24-25H,3-6,12-14,17H2,1-2H3,(H2,23,26,27). The minimum atomic E-state index is -3.83. The summed E-state index contributed by atoms with van der Waals surface area (Å²) in [6.45, 7) is 6.61. The second kappa shape index (κ2) is 11.2. The first-order valence-corrected chi connectivity index (χ1v) is 11.7. The molecular formula is C22H33N3O2S. The molecule has 0 spiro atoms. The SMILES string of the molecule is CCCCNCc1cc(NCCCC)c(Cc2ccccc2)c(S(N)(=O)=O)c1. The van der Waals surface area contributed by atoms with Crippen LogP contribution in [0.15, 0.2) is 47.4 Å². The lowest BCUT2D eigenvalue weighted by Crippen LogP contribution is -2.19. The van der Waals surface area contributed by atoms with Gasteiger partial charge in [-0.3, -0.25) is 0 Å². The zero-order valence-electron chi connectivity index (χ0n) is 17.0. The quantitative estimate of drug-likeness (QED) is 0.467. The van der Waals surface area contributed by atoms with E-state index in [9.17, 15) is 8.42 Å². The Morgan fingerprint density at radius 1 is 0.929 bits per heavy atom. The van der Waals surface area contributed by atoms with Crippen molar-refractivity contribution in [1.29, 1.82) is 0 Å². The second-order valence-corrected chi connectivity index (χ2v) is 8.67. The van der Waals surface area contributed by atoms with Crippen LogP contribution in [0.1, 0.15) is 56.2 Å². The van der Waals surface area contributed by atoms with Crippen molar-refractivity contribution in [3.05, 3.63) is 59.2 Å². The first-order valence-electron chi connectivity index (χ1n) is 10.1. The van der Waals surface area contributed by atoms with Crippen LogP contribution in [0.5, 0.6) is 0 Å². The van der Waals surface area contributed by atoms with E-state index >= 15 is 0 Å². The van der Waals surface area contributed by atoms with Crippen LogP contribution in [0.25, 0.3) is 0 Å². The Labute approximate surface area is 169 Å². The van der Waals surface area contributed by atoms with Gasteiger partial charge in [0.2, 0.25) is 10.0 Å². The third kappa shape index (κ3) is 6.93. The summed E-state index contributed by atoms with van der Waals surface area (Å²) in [4.78, 5) is 0.213. The van der Waals surface area contributed by atoms with Gasteiger partial charge in [0.1, 0.15) is 0 Å². The van der Waals surface area contributed by atoms with Gasteiger partial charge in [0.05, 0.1) is 4.90 Å². The molecule has 0 unspecified atom stereocenters. The molecule has 0 aromatic heterocycles. The van der Waals surface area contributed by atoms with Crippen LogP contribution in [0.3, 0.4) is 0 Å². The lowest BCUT2D eigenvalue weighted by Gasteiger charge is -2.18. The van der Waals surface area contributed by atoms with Crippen molar-refractivity contribution in [1.82, 2.24) is 5.32 Å². The van der Waals surface area contributed by atoms with Gasteiger partial charge in [-0.25, -0.2) is 13.6 Å². The Morgan fingerprint density at radius 2 is 1.61 bits per heavy atom. The number of anilines is 1. The summed E-state index contributed by atoms with van der Waals surface area (Å²) in [5.41, 5.74) is 3.58. The molecule has 0 amide bonds. The van der Waals surface area contributed by atoms with E-state index in [0.717, 1.165) is 61.2 Å². The lowest BCUT2D eigenvalue weighted by atomic mass is 10.0. The third-order valence-corrected chi connectivity index (χ3v) is 5.66. The average Bonchev–Trinajstić information content (AvgIpc) is 2.67. The number of sulfonamides is 1. The van der Waals surface area contributed by atoms with Gasteiger partial charge in [-0.15, -0.1) is 0 Å². The molecule has 4 N–H and O–H groups in total. The molecule has 0 aliphatic heterocycles. The fourth-order valence-electron chi connectivity index (χ4n) is 3.13. The Balaban J connectivity index is 2.42. The topological polar surface area (TPSA) is 84.2 Å². The zero-order valence-corrected chi connectivity index (χ0v) is 17.8. The molecule has 0 saturated heterocycles. The summed E-state index contributed by atoms with van der Waals surface area (Å²) in [7, 11) is -3.83. The maximum absolute atomic E-state index is 12.4. The Bertz CT molecular complexity index is 836. The van der Waals surface area contributed by atoms with Gasteiger partial charge in [-0.2, -0.15) is 0 Å². The molecule has 28 heavy (non-hydrogen) atoms. The van der Waals surface area contributed by atoms with Crippen LogP contribution < -0.4 is 15.8 Å². The first-order chi connectivity index (χ1) is 13.5. The molecular weight excluding hydrogens is 370 g/mol. The summed E-state index contributed by atoms with van der Waals surface area (Å²) in [5.74, 6) is 0. The molecule has 0 atom stereocenters. The molecule has 0 radical (unpaired) electrons. The van der Waals surface area contributed by atoms with Crippen molar-refractivity contribution in [2.24, 2.45) is 5.14 Å². The summed E-state index contributed by atoms with van der Waals surface area (Å²) in [6.07, 6.45) is 4.82. The van der Waals surface area contributed by atoms with E-state index in [-0.39, 0.29) is 4.90 Å². The largest absolute Gasteiger partial charge is 0.385 e. The van der Waals surface area contributed by atoms with Gasteiger partial charge in [0.15, 0.2) is 0 Å². The summed E-state index contributed by atoms with van der Waals surface area (Å²) < 4.78 is 24.8. The molecule has 5 nitrogen and oxygen atoms in total. The van der Waals surface area contributed by atoms with Crippen molar-refractivity contribution in [2.45, 2.75) is 57.4 Å². The molecule has 0 saturated carbocycles. The van der Waals surface area contributed by atoms with Crippen LogP contribution in [-0.4, -0.2) is 21.5 Å². The molecule has 0 aliphatic rings. The van der Waals surface area contributed by atoms with Crippen molar-refractivity contribution in [3.8, 4) is 0 Å². The predicted octanol–water partition coefficient (Wildman–Crippen LogP) is 4.03. The normalized spacial score (nSPS) is 11.5. The second-order valence-electron chi connectivity index (χ2n) is 7.14. The molecule has 154 valence electrons. The van der Waals surface area contributed by atoms with Gasteiger partial charge in [0.25, 0.3) is 0 Å². The number of hydrogen-bond donors (Lipinski definition) is 3. The van der Waals surface area contributed by atoms with Gasteiger partial charge in [-0.1, -0.05) is 57.0 Å². The fourth-order valence-corrected chi connectivity index (χ4v) is 3.97. The number of primary sulfonamides is 1. The Morgan fingerprint density at radius 3 is 2.25 bits per heavy atom. The van der Waals surface area contributed by atoms with E-state index in [2.05, 4.69) is 30.5 Å². The average molecular weight is 404 g/mol. The van der Waals surface area contributed by atoms with E-state index in [1.807, 2.05) is 30.3 Å². The molecule has 2 aromatic rings. The number of hydrogen-bond acceptors (Lipinski definition) is 4. The number of nitrogens with one attached hydrogen (secondary N) is 2. The monoisotopic (exact) mass is 403 g/mol. The van der Waals surface area contributed by atoms with Crippen LogP contribution in [0, 0.1) is 0 Å². The molecule has 2 rings (SSSR count). The number of nitrogens with two attached hydrogens (primary N) is 1. The van der Waals surface area contributed by atoms with Crippen LogP contribution in [0.2, 0.25) is 0 Å². The maximum atomic E-state index is 12.4.